The molecule has 7 nitrogen and oxygen atoms in total. The van der Waals surface area contributed by atoms with Crippen molar-refractivity contribution in [2.24, 2.45) is 0 Å². The minimum atomic E-state index is -0.804. The molecular formula is C23H24N2O5. The molecule has 1 atom stereocenters. The van der Waals surface area contributed by atoms with Crippen molar-refractivity contribution in [3.63, 3.8) is 0 Å². The molecule has 0 spiro atoms. The van der Waals surface area contributed by atoms with Crippen LogP contribution < -0.4 is 15.6 Å². The summed E-state index contributed by atoms with van der Waals surface area (Å²) in [5.41, 5.74) is 0.672. The number of pyridine rings is 1. The van der Waals surface area contributed by atoms with Crippen LogP contribution in [0.5, 0.6) is 5.75 Å². The Labute approximate surface area is 174 Å². The van der Waals surface area contributed by atoms with Crippen molar-refractivity contribution in [2.75, 3.05) is 6.61 Å². The molecule has 156 valence electrons. The molecule has 2 aromatic carbocycles. The molecule has 7 heteroatoms. The molecule has 0 aliphatic heterocycles. The van der Waals surface area contributed by atoms with Crippen LogP contribution in [0.4, 0.5) is 0 Å². The van der Waals surface area contributed by atoms with E-state index in [1.54, 1.807) is 44.3 Å². The zero-order valence-corrected chi connectivity index (χ0v) is 17.0. The smallest absolute Gasteiger partial charge is 0.347 e. The average Bonchev–Trinajstić information content (AvgIpc) is 2.75. The number of benzene rings is 2. The van der Waals surface area contributed by atoms with Gasteiger partial charge in [-0.3, -0.25) is 9.59 Å². The maximum atomic E-state index is 12.8. The fraction of sp³-hybridized carbons (Fsp3) is 0.261. The lowest BCUT2D eigenvalue weighted by atomic mass is 10.1. The van der Waals surface area contributed by atoms with Crippen molar-refractivity contribution in [2.45, 2.75) is 33.0 Å². The number of fused-ring (bicyclic) bond motifs is 1. The highest BCUT2D eigenvalue weighted by atomic mass is 16.6. The third-order valence-electron chi connectivity index (χ3n) is 4.55. The molecule has 30 heavy (non-hydrogen) atoms. The Balaban J connectivity index is 1.75. The predicted molar refractivity (Wildman–Crippen MR) is 113 cm³/mol. The number of nitrogens with zero attached hydrogens (tertiary/aromatic N) is 1. The Hall–Kier alpha value is -3.61. The van der Waals surface area contributed by atoms with E-state index in [2.05, 4.69) is 5.32 Å². The first kappa shape index (κ1) is 21.1. The number of aromatic nitrogens is 1. The lowest BCUT2D eigenvalue weighted by Crippen LogP contribution is -2.31. The Morgan fingerprint density at radius 2 is 1.80 bits per heavy atom. The molecular weight excluding hydrogens is 384 g/mol. The maximum absolute atomic E-state index is 12.8. The van der Waals surface area contributed by atoms with Gasteiger partial charge in [0.2, 0.25) is 5.91 Å². The zero-order valence-electron chi connectivity index (χ0n) is 17.0. The van der Waals surface area contributed by atoms with E-state index in [1.807, 2.05) is 30.3 Å². The second-order valence-electron chi connectivity index (χ2n) is 6.74. The SMILES string of the molecule is CCOC(=O)[C@@H](C)Oc1cccc2c(=O)n(CC(=O)NCc3ccccc3)ccc12. The van der Waals surface area contributed by atoms with Crippen molar-refractivity contribution < 1.29 is 19.1 Å². The highest BCUT2D eigenvalue weighted by Gasteiger charge is 2.18. The molecule has 0 aliphatic rings. The molecule has 0 aliphatic carbocycles. The molecule has 0 radical (unpaired) electrons. The number of hydrogen-bond donors (Lipinski definition) is 1. The Morgan fingerprint density at radius 1 is 1.03 bits per heavy atom. The second-order valence-corrected chi connectivity index (χ2v) is 6.74. The van der Waals surface area contributed by atoms with E-state index in [9.17, 15) is 14.4 Å². The third-order valence-corrected chi connectivity index (χ3v) is 4.55. The van der Waals surface area contributed by atoms with Crippen LogP contribution in [0.2, 0.25) is 0 Å². The van der Waals surface area contributed by atoms with Crippen molar-refractivity contribution >= 4 is 22.6 Å². The quantitative estimate of drug-likeness (QED) is 0.579. The zero-order chi connectivity index (χ0) is 21.5. The third kappa shape index (κ3) is 5.05. The first-order valence-electron chi connectivity index (χ1n) is 9.75. The molecule has 1 heterocycles. The Bertz CT molecular complexity index is 1090. The summed E-state index contributed by atoms with van der Waals surface area (Å²) in [5, 5.41) is 3.78. The minimum absolute atomic E-state index is 0.0913. The molecule has 1 amide bonds. The van der Waals surface area contributed by atoms with Crippen LogP contribution in [-0.4, -0.2) is 29.2 Å². The van der Waals surface area contributed by atoms with Crippen LogP contribution >= 0.6 is 0 Å². The fourth-order valence-corrected chi connectivity index (χ4v) is 3.02. The van der Waals surface area contributed by atoms with E-state index in [1.165, 1.54) is 4.57 Å². The Morgan fingerprint density at radius 3 is 2.53 bits per heavy atom. The van der Waals surface area contributed by atoms with E-state index in [0.717, 1.165) is 5.56 Å². The Kier molecular flexibility index (Phi) is 6.85. The van der Waals surface area contributed by atoms with Crippen LogP contribution in [-0.2, 0) is 27.4 Å². The first-order valence-corrected chi connectivity index (χ1v) is 9.75. The van der Waals surface area contributed by atoms with Crippen LogP contribution in [0, 0.1) is 0 Å². The number of esters is 1. The van der Waals surface area contributed by atoms with Gasteiger partial charge in [0, 0.05) is 18.1 Å². The summed E-state index contributed by atoms with van der Waals surface area (Å²) in [6, 6.07) is 16.3. The van der Waals surface area contributed by atoms with E-state index in [-0.39, 0.29) is 24.6 Å². The molecule has 3 aromatic rings. The normalized spacial score (nSPS) is 11.7. The van der Waals surface area contributed by atoms with Gasteiger partial charge in [0.1, 0.15) is 12.3 Å². The van der Waals surface area contributed by atoms with Gasteiger partial charge in [-0.05, 0) is 37.6 Å². The highest BCUT2D eigenvalue weighted by Crippen LogP contribution is 2.24. The standard InChI is InChI=1S/C23H24N2O5/c1-3-29-23(28)16(2)30-20-11-7-10-19-18(20)12-13-25(22(19)27)15-21(26)24-14-17-8-5-4-6-9-17/h4-13,16H,3,14-15H2,1-2H3,(H,24,26)/t16-/m1/s1. The van der Waals surface area contributed by atoms with Gasteiger partial charge in [0.15, 0.2) is 6.10 Å². The van der Waals surface area contributed by atoms with E-state index in [4.69, 9.17) is 9.47 Å². The van der Waals surface area contributed by atoms with Crippen molar-refractivity contribution in [3.05, 3.63) is 76.7 Å². The summed E-state index contributed by atoms with van der Waals surface area (Å²) >= 11 is 0. The summed E-state index contributed by atoms with van der Waals surface area (Å²) in [4.78, 5) is 37.0. The van der Waals surface area contributed by atoms with Gasteiger partial charge in [-0.1, -0.05) is 36.4 Å². The fourth-order valence-electron chi connectivity index (χ4n) is 3.02. The van der Waals surface area contributed by atoms with Gasteiger partial charge in [0.05, 0.1) is 12.0 Å². The minimum Gasteiger partial charge on any atom is -0.478 e. The van der Waals surface area contributed by atoms with Gasteiger partial charge in [-0.25, -0.2) is 4.79 Å². The van der Waals surface area contributed by atoms with E-state index >= 15 is 0 Å². The van der Waals surface area contributed by atoms with Crippen LogP contribution in [0.3, 0.4) is 0 Å². The number of hydrogen-bond acceptors (Lipinski definition) is 5. The van der Waals surface area contributed by atoms with Crippen molar-refractivity contribution in [1.29, 1.82) is 0 Å². The van der Waals surface area contributed by atoms with Gasteiger partial charge in [-0.15, -0.1) is 0 Å². The number of nitrogens with one attached hydrogen (secondary N) is 1. The van der Waals surface area contributed by atoms with Crippen LogP contribution in [0.1, 0.15) is 19.4 Å². The van der Waals surface area contributed by atoms with Crippen molar-refractivity contribution in [1.82, 2.24) is 9.88 Å². The van der Waals surface area contributed by atoms with Gasteiger partial charge in [0.25, 0.3) is 5.56 Å². The van der Waals surface area contributed by atoms with Gasteiger partial charge < -0.3 is 19.4 Å². The molecule has 0 fully saturated rings. The number of amides is 1. The lowest BCUT2D eigenvalue weighted by Gasteiger charge is -2.15. The van der Waals surface area contributed by atoms with Crippen molar-refractivity contribution in [3.8, 4) is 5.75 Å². The molecule has 0 unspecified atom stereocenters. The summed E-state index contributed by atoms with van der Waals surface area (Å²) in [7, 11) is 0. The van der Waals surface area contributed by atoms with Gasteiger partial charge >= 0.3 is 5.97 Å². The summed E-state index contributed by atoms with van der Waals surface area (Å²) < 4.78 is 12.0. The second kappa shape index (κ2) is 9.73. The molecule has 3 rings (SSSR count). The topological polar surface area (TPSA) is 86.6 Å². The monoisotopic (exact) mass is 408 g/mol. The number of rotatable bonds is 8. The predicted octanol–water partition coefficient (Wildman–Crippen LogP) is 2.65. The number of ether oxygens (including phenoxy) is 2. The average molecular weight is 408 g/mol. The number of carbonyl (C=O) groups excluding carboxylic acids is 2. The molecule has 0 saturated heterocycles. The maximum Gasteiger partial charge on any atom is 0.347 e. The van der Waals surface area contributed by atoms with E-state index < -0.39 is 12.1 Å². The number of carbonyl (C=O) groups is 2. The molecule has 1 N–H and O–H groups in total. The molecule has 0 saturated carbocycles. The lowest BCUT2D eigenvalue weighted by molar-refractivity contribution is -0.150. The molecule has 1 aromatic heterocycles. The molecule has 0 bridgehead atoms. The van der Waals surface area contributed by atoms with Gasteiger partial charge in [-0.2, -0.15) is 0 Å². The summed E-state index contributed by atoms with van der Waals surface area (Å²) in [5.74, 6) is -0.326. The summed E-state index contributed by atoms with van der Waals surface area (Å²) in [6.07, 6.45) is 0.746. The van der Waals surface area contributed by atoms with Crippen LogP contribution in [0.15, 0.2) is 65.6 Å². The highest BCUT2D eigenvalue weighted by molar-refractivity contribution is 5.88. The first-order chi connectivity index (χ1) is 14.5. The van der Waals surface area contributed by atoms with E-state index in [0.29, 0.717) is 23.1 Å². The largest absolute Gasteiger partial charge is 0.478 e. The summed E-state index contributed by atoms with van der Waals surface area (Å²) in [6.45, 7) is 3.88. The van der Waals surface area contributed by atoms with Crippen LogP contribution in [0.25, 0.3) is 10.8 Å².